The first-order valence-electron chi connectivity index (χ1n) is 7.23. The van der Waals surface area contributed by atoms with Gasteiger partial charge in [0.05, 0.1) is 4.90 Å². The van der Waals surface area contributed by atoms with Crippen LogP contribution in [0.2, 0.25) is 0 Å². The highest BCUT2D eigenvalue weighted by atomic mass is 32.2. The van der Waals surface area contributed by atoms with E-state index in [1.54, 1.807) is 36.4 Å². The van der Waals surface area contributed by atoms with E-state index in [1.165, 1.54) is 18.2 Å². The van der Waals surface area contributed by atoms with Crippen LogP contribution in [0.3, 0.4) is 0 Å². The number of rotatable bonds is 4. The first-order chi connectivity index (χ1) is 11.7. The van der Waals surface area contributed by atoms with Crippen LogP contribution >= 0.6 is 0 Å². The Hall–Kier alpha value is -2.42. The van der Waals surface area contributed by atoms with Gasteiger partial charge in [0.25, 0.3) is 0 Å². The van der Waals surface area contributed by atoms with Crippen LogP contribution in [-0.4, -0.2) is 16.8 Å². The fourth-order valence-electron chi connectivity index (χ4n) is 2.35. The van der Waals surface area contributed by atoms with Crippen molar-refractivity contribution in [3.63, 3.8) is 0 Å². The number of sulfonamides is 1. The number of fused-ring (bicyclic) bond motifs is 1. The van der Waals surface area contributed by atoms with E-state index in [-0.39, 0.29) is 15.5 Å². The molecule has 3 aromatic carbocycles. The van der Waals surface area contributed by atoms with Crippen LogP contribution in [0.1, 0.15) is 5.56 Å². The normalized spacial score (nSPS) is 12.2. The summed E-state index contributed by atoms with van der Waals surface area (Å²) in [5.74, 6) is -0.0947. The van der Waals surface area contributed by atoms with Crippen LogP contribution in [0, 0.1) is 6.92 Å². The SMILES string of the molecule is Cc1ccc(S(=O)(=O)Oc2cc(S(N)(=O)=O)cc3ccccc23)cc1. The summed E-state index contributed by atoms with van der Waals surface area (Å²) in [6, 6.07) is 15.3. The topological polar surface area (TPSA) is 104 Å². The first-order valence-corrected chi connectivity index (χ1v) is 10.2. The van der Waals surface area contributed by atoms with Gasteiger partial charge in [-0.25, -0.2) is 13.6 Å². The van der Waals surface area contributed by atoms with Crippen molar-refractivity contribution in [2.45, 2.75) is 16.7 Å². The Bertz CT molecular complexity index is 1150. The Morgan fingerprint density at radius 3 is 2.12 bits per heavy atom. The Morgan fingerprint density at radius 2 is 1.48 bits per heavy atom. The number of aryl methyl sites for hydroxylation is 1. The number of hydrogen-bond acceptors (Lipinski definition) is 5. The molecule has 25 heavy (non-hydrogen) atoms. The van der Waals surface area contributed by atoms with Gasteiger partial charge in [0.1, 0.15) is 4.90 Å². The van der Waals surface area contributed by atoms with Crippen molar-refractivity contribution in [2.75, 3.05) is 0 Å². The fraction of sp³-hybridized carbons (Fsp3) is 0.0588. The lowest BCUT2D eigenvalue weighted by Gasteiger charge is -2.11. The second-order valence-electron chi connectivity index (χ2n) is 5.54. The van der Waals surface area contributed by atoms with E-state index < -0.39 is 20.1 Å². The van der Waals surface area contributed by atoms with Gasteiger partial charge in [-0.1, -0.05) is 42.0 Å². The number of hydrogen-bond donors (Lipinski definition) is 1. The molecule has 0 saturated carbocycles. The molecule has 6 nitrogen and oxygen atoms in total. The molecule has 2 N–H and O–H groups in total. The molecule has 0 aliphatic carbocycles. The zero-order valence-corrected chi connectivity index (χ0v) is 14.8. The lowest BCUT2D eigenvalue weighted by Crippen LogP contribution is -2.14. The molecule has 0 unspecified atom stereocenters. The second-order valence-corrected chi connectivity index (χ2v) is 8.65. The molecular weight excluding hydrogens is 362 g/mol. The molecule has 3 rings (SSSR count). The third-order valence-electron chi connectivity index (χ3n) is 3.64. The predicted molar refractivity (Wildman–Crippen MR) is 94.3 cm³/mol. The van der Waals surface area contributed by atoms with E-state index in [0.29, 0.717) is 10.8 Å². The van der Waals surface area contributed by atoms with Crippen molar-refractivity contribution < 1.29 is 21.0 Å². The molecule has 0 heterocycles. The molecule has 0 aliphatic rings. The van der Waals surface area contributed by atoms with E-state index in [2.05, 4.69) is 0 Å². The maximum atomic E-state index is 12.5. The van der Waals surface area contributed by atoms with Gasteiger partial charge in [0.15, 0.2) is 5.75 Å². The van der Waals surface area contributed by atoms with Crippen LogP contribution in [0.15, 0.2) is 70.5 Å². The monoisotopic (exact) mass is 377 g/mol. The molecule has 0 aromatic heterocycles. The van der Waals surface area contributed by atoms with Crippen LogP contribution in [0.4, 0.5) is 0 Å². The summed E-state index contributed by atoms with van der Waals surface area (Å²) in [6.45, 7) is 1.83. The zero-order chi connectivity index (χ0) is 18.2. The molecule has 0 atom stereocenters. The van der Waals surface area contributed by atoms with Crippen molar-refractivity contribution in [3.05, 3.63) is 66.2 Å². The van der Waals surface area contributed by atoms with Crippen molar-refractivity contribution in [2.24, 2.45) is 5.14 Å². The maximum absolute atomic E-state index is 12.5. The lowest BCUT2D eigenvalue weighted by molar-refractivity contribution is 0.487. The third kappa shape index (κ3) is 3.65. The molecule has 0 amide bonds. The smallest absolute Gasteiger partial charge is 0.339 e. The molecule has 0 aliphatic heterocycles. The average molecular weight is 377 g/mol. The Balaban J connectivity index is 2.16. The highest BCUT2D eigenvalue weighted by Gasteiger charge is 2.20. The third-order valence-corrected chi connectivity index (χ3v) is 5.78. The van der Waals surface area contributed by atoms with Crippen molar-refractivity contribution >= 4 is 30.9 Å². The van der Waals surface area contributed by atoms with Crippen LogP contribution in [0.25, 0.3) is 10.8 Å². The van der Waals surface area contributed by atoms with Gasteiger partial charge in [-0.3, -0.25) is 0 Å². The summed E-state index contributed by atoms with van der Waals surface area (Å²) in [5, 5.41) is 6.14. The van der Waals surface area contributed by atoms with Crippen LogP contribution in [0.5, 0.6) is 5.75 Å². The highest BCUT2D eigenvalue weighted by molar-refractivity contribution is 7.89. The highest BCUT2D eigenvalue weighted by Crippen LogP contribution is 2.31. The number of primary sulfonamides is 1. The minimum absolute atomic E-state index is 0.0248. The molecule has 0 bridgehead atoms. The minimum atomic E-state index is -4.12. The molecule has 130 valence electrons. The fourth-order valence-corrected chi connectivity index (χ4v) is 3.86. The zero-order valence-electron chi connectivity index (χ0n) is 13.2. The second kappa shape index (κ2) is 6.14. The van der Waals surface area contributed by atoms with Crippen LogP contribution < -0.4 is 9.32 Å². The summed E-state index contributed by atoms with van der Waals surface area (Å²) in [6.07, 6.45) is 0. The van der Waals surface area contributed by atoms with Gasteiger partial charge < -0.3 is 4.18 Å². The van der Waals surface area contributed by atoms with Gasteiger partial charge in [-0.15, -0.1) is 0 Å². The predicted octanol–water partition coefficient (Wildman–Crippen LogP) is 2.56. The molecule has 0 saturated heterocycles. The van der Waals surface area contributed by atoms with Gasteiger partial charge in [0.2, 0.25) is 10.0 Å². The Morgan fingerprint density at radius 1 is 0.840 bits per heavy atom. The summed E-state index contributed by atoms with van der Waals surface area (Å²) in [5.41, 5.74) is 0.903. The number of nitrogens with two attached hydrogens (primary N) is 1. The quantitative estimate of drug-likeness (QED) is 0.704. The van der Waals surface area contributed by atoms with E-state index in [4.69, 9.17) is 9.32 Å². The van der Waals surface area contributed by atoms with Gasteiger partial charge >= 0.3 is 10.1 Å². The largest absolute Gasteiger partial charge is 0.378 e. The van der Waals surface area contributed by atoms with Crippen molar-refractivity contribution in [3.8, 4) is 5.75 Å². The van der Waals surface area contributed by atoms with Gasteiger partial charge in [-0.05, 0) is 30.5 Å². The number of benzene rings is 3. The van der Waals surface area contributed by atoms with Crippen molar-refractivity contribution in [1.29, 1.82) is 0 Å². The molecular formula is C17H15NO5S2. The Kier molecular flexibility index (Phi) is 4.28. The van der Waals surface area contributed by atoms with Gasteiger partial charge in [0, 0.05) is 11.5 Å². The molecule has 0 fully saturated rings. The minimum Gasteiger partial charge on any atom is -0.378 e. The summed E-state index contributed by atoms with van der Waals surface area (Å²) >= 11 is 0. The van der Waals surface area contributed by atoms with Crippen molar-refractivity contribution in [1.82, 2.24) is 0 Å². The van der Waals surface area contributed by atoms with E-state index >= 15 is 0 Å². The maximum Gasteiger partial charge on any atom is 0.339 e. The van der Waals surface area contributed by atoms with Crippen LogP contribution in [-0.2, 0) is 20.1 Å². The standard InChI is InChI=1S/C17H15NO5S2/c1-12-6-8-14(9-7-12)25(21,22)23-17-11-15(24(18,19)20)10-13-4-2-3-5-16(13)17/h2-11H,1H3,(H2,18,19,20). The lowest BCUT2D eigenvalue weighted by atomic mass is 10.1. The summed E-state index contributed by atoms with van der Waals surface area (Å²) in [7, 11) is -8.14. The van der Waals surface area contributed by atoms with E-state index in [9.17, 15) is 16.8 Å². The van der Waals surface area contributed by atoms with Gasteiger partial charge in [-0.2, -0.15) is 8.42 Å². The van der Waals surface area contributed by atoms with E-state index in [0.717, 1.165) is 11.6 Å². The molecule has 8 heteroatoms. The molecule has 0 spiro atoms. The molecule has 3 aromatic rings. The molecule has 0 radical (unpaired) electrons. The summed E-state index contributed by atoms with van der Waals surface area (Å²) in [4.78, 5) is -0.247. The van der Waals surface area contributed by atoms with E-state index in [1.807, 2.05) is 6.92 Å². The Labute approximate surface area is 146 Å². The summed E-state index contributed by atoms with van der Waals surface area (Å²) < 4.78 is 53.6. The average Bonchev–Trinajstić information content (AvgIpc) is 2.54. The first kappa shape index (κ1) is 17.4.